The fraction of sp³-hybridized carbons (Fsp3) is 0.680. The summed E-state index contributed by atoms with van der Waals surface area (Å²) >= 11 is 0. The van der Waals surface area contributed by atoms with Crippen LogP contribution in [0.4, 0.5) is 15.8 Å². The zero-order valence-electron chi connectivity index (χ0n) is 19.0. The standard InChI is InChI=1S/C25H36FN3O3/c26-23-17-22(29-14-2-1-7-25(29)31)8-9-24(23)27-12-3-5-20(18-27)6-4-13-28(19-30)21-10-15-32-16-11-21/h8-9,17,19-21H,1-7,10-16,18H2. The lowest BCUT2D eigenvalue weighted by molar-refractivity contribution is -0.122. The van der Waals surface area contributed by atoms with E-state index in [9.17, 15) is 9.59 Å². The Balaban J connectivity index is 1.30. The molecule has 1 aromatic carbocycles. The fourth-order valence-electron chi connectivity index (χ4n) is 5.42. The van der Waals surface area contributed by atoms with Crippen molar-refractivity contribution in [2.45, 2.75) is 63.8 Å². The third-order valence-corrected chi connectivity index (χ3v) is 7.25. The van der Waals surface area contributed by atoms with E-state index in [0.29, 0.717) is 36.3 Å². The van der Waals surface area contributed by atoms with Gasteiger partial charge in [0.2, 0.25) is 12.3 Å². The number of halogens is 1. The number of rotatable bonds is 8. The van der Waals surface area contributed by atoms with Crippen LogP contribution < -0.4 is 9.80 Å². The molecule has 1 unspecified atom stereocenters. The van der Waals surface area contributed by atoms with E-state index >= 15 is 4.39 Å². The van der Waals surface area contributed by atoms with E-state index in [4.69, 9.17) is 4.74 Å². The molecule has 3 aliphatic heterocycles. The third-order valence-electron chi connectivity index (χ3n) is 7.25. The van der Waals surface area contributed by atoms with Gasteiger partial charge in [0.05, 0.1) is 5.69 Å². The summed E-state index contributed by atoms with van der Waals surface area (Å²) in [5, 5.41) is 0. The van der Waals surface area contributed by atoms with Crippen LogP contribution in [0.25, 0.3) is 0 Å². The number of hydrogen-bond donors (Lipinski definition) is 0. The molecule has 0 spiro atoms. The van der Waals surface area contributed by atoms with E-state index in [1.165, 1.54) is 6.07 Å². The molecule has 0 bridgehead atoms. The topological polar surface area (TPSA) is 53.1 Å². The van der Waals surface area contributed by atoms with E-state index < -0.39 is 0 Å². The van der Waals surface area contributed by atoms with Gasteiger partial charge in [0.1, 0.15) is 5.82 Å². The summed E-state index contributed by atoms with van der Waals surface area (Å²) < 4.78 is 20.4. The van der Waals surface area contributed by atoms with Gasteiger partial charge >= 0.3 is 0 Å². The van der Waals surface area contributed by atoms with Gasteiger partial charge in [-0.1, -0.05) is 0 Å². The highest BCUT2D eigenvalue weighted by Gasteiger charge is 2.25. The third kappa shape index (κ3) is 5.61. The lowest BCUT2D eigenvalue weighted by Gasteiger charge is -2.36. The van der Waals surface area contributed by atoms with Crippen molar-refractivity contribution in [3.8, 4) is 0 Å². The minimum Gasteiger partial charge on any atom is -0.381 e. The number of carbonyl (C=O) groups is 2. The SMILES string of the molecule is O=CN(CCCC1CCCN(c2ccc(N3CCCCC3=O)cc2F)C1)C1CCOCC1. The van der Waals surface area contributed by atoms with E-state index in [2.05, 4.69) is 4.90 Å². The van der Waals surface area contributed by atoms with Crippen LogP contribution in [-0.2, 0) is 14.3 Å². The number of benzene rings is 1. The zero-order valence-corrected chi connectivity index (χ0v) is 19.0. The largest absolute Gasteiger partial charge is 0.381 e. The van der Waals surface area contributed by atoms with Gasteiger partial charge in [-0.15, -0.1) is 0 Å². The lowest BCUT2D eigenvalue weighted by atomic mass is 9.92. The zero-order chi connectivity index (χ0) is 22.3. The maximum atomic E-state index is 15.0. The molecule has 0 N–H and O–H groups in total. The quantitative estimate of drug-likeness (QED) is 0.568. The molecule has 3 heterocycles. The van der Waals surface area contributed by atoms with Crippen molar-refractivity contribution in [2.24, 2.45) is 5.92 Å². The van der Waals surface area contributed by atoms with Gasteiger partial charge < -0.3 is 19.4 Å². The molecule has 0 radical (unpaired) electrons. The minimum atomic E-state index is -0.242. The Morgan fingerprint density at radius 2 is 1.97 bits per heavy atom. The molecule has 32 heavy (non-hydrogen) atoms. The highest BCUT2D eigenvalue weighted by molar-refractivity contribution is 5.94. The normalized spacial score (nSPS) is 22.8. The number of hydrogen-bond acceptors (Lipinski definition) is 4. The Kier molecular flexibility index (Phi) is 8.00. The predicted molar refractivity (Wildman–Crippen MR) is 123 cm³/mol. The van der Waals surface area contributed by atoms with E-state index in [0.717, 1.165) is 90.6 Å². The molecule has 3 aliphatic rings. The van der Waals surface area contributed by atoms with Crippen LogP contribution in [-0.4, -0.2) is 62.7 Å². The first kappa shape index (κ1) is 23.0. The molecule has 7 heteroatoms. The number of nitrogens with zero attached hydrogens (tertiary/aromatic N) is 3. The number of anilines is 2. The number of piperidine rings is 2. The monoisotopic (exact) mass is 445 g/mol. The Bertz CT molecular complexity index is 784. The Morgan fingerprint density at radius 1 is 1.12 bits per heavy atom. The fourth-order valence-corrected chi connectivity index (χ4v) is 5.42. The molecule has 3 saturated heterocycles. The Morgan fingerprint density at radius 3 is 2.72 bits per heavy atom. The maximum absolute atomic E-state index is 15.0. The van der Waals surface area contributed by atoms with Crippen molar-refractivity contribution in [3.63, 3.8) is 0 Å². The predicted octanol–water partition coefficient (Wildman–Crippen LogP) is 3.98. The number of amides is 2. The lowest BCUT2D eigenvalue weighted by Crippen LogP contribution is -2.40. The van der Waals surface area contributed by atoms with Crippen molar-refractivity contribution in [3.05, 3.63) is 24.0 Å². The smallest absolute Gasteiger partial charge is 0.226 e. The van der Waals surface area contributed by atoms with Crippen molar-refractivity contribution in [2.75, 3.05) is 49.2 Å². The molecular weight excluding hydrogens is 409 g/mol. The average molecular weight is 446 g/mol. The van der Waals surface area contributed by atoms with E-state index in [-0.39, 0.29) is 11.7 Å². The second-order valence-corrected chi connectivity index (χ2v) is 9.42. The van der Waals surface area contributed by atoms with Gasteiger partial charge in [0.25, 0.3) is 0 Å². The van der Waals surface area contributed by atoms with Crippen LogP contribution >= 0.6 is 0 Å². The number of carbonyl (C=O) groups excluding carboxylic acids is 2. The molecule has 0 saturated carbocycles. The summed E-state index contributed by atoms with van der Waals surface area (Å²) in [6.07, 6.45) is 9.51. The summed E-state index contributed by atoms with van der Waals surface area (Å²) in [6, 6.07) is 5.57. The second-order valence-electron chi connectivity index (χ2n) is 9.42. The van der Waals surface area contributed by atoms with Gasteiger partial charge in [0, 0.05) is 57.5 Å². The second kappa shape index (κ2) is 11.1. The van der Waals surface area contributed by atoms with E-state index in [1.54, 1.807) is 4.90 Å². The molecule has 3 fully saturated rings. The van der Waals surface area contributed by atoms with Crippen molar-refractivity contribution < 1.29 is 18.7 Å². The van der Waals surface area contributed by atoms with Gasteiger partial charge in [-0.2, -0.15) is 0 Å². The van der Waals surface area contributed by atoms with Crippen LogP contribution in [0.15, 0.2) is 18.2 Å². The first-order valence-corrected chi connectivity index (χ1v) is 12.3. The summed E-state index contributed by atoms with van der Waals surface area (Å²) in [7, 11) is 0. The Hall–Kier alpha value is -2.15. The summed E-state index contributed by atoms with van der Waals surface area (Å²) in [4.78, 5) is 29.5. The first-order valence-electron chi connectivity index (χ1n) is 12.3. The first-order chi connectivity index (χ1) is 15.7. The minimum absolute atomic E-state index is 0.0894. The molecular formula is C25H36FN3O3. The summed E-state index contributed by atoms with van der Waals surface area (Å²) in [5.41, 5.74) is 1.31. The highest BCUT2D eigenvalue weighted by atomic mass is 19.1. The average Bonchev–Trinajstić information content (AvgIpc) is 2.83. The molecule has 4 rings (SSSR count). The van der Waals surface area contributed by atoms with Crippen LogP contribution in [0.2, 0.25) is 0 Å². The van der Waals surface area contributed by atoms with Crippen molar-refractivity contribution in [1.29, 1.82) is 0 Å². The van der Waals surface area contributed by atoms with Crippen LogP contribution in [0, 0.1) is 11.7 Å². The molecule has 1 aromatic rings. The summed E-state index contributed by atoms with van der Waals surface area (Å²) in [5.74, 6) is 0.356. The van der Waals surface area contributed by atoms with Gasteiger partial charge in [-0.3, -0.25) is 9.59 Å². The van der Waals surface area contributed by atoms with Gasteiger partial charge in [0.15, 0.2) is 0 Å². The molecule has 176 valence electrons. The highest BCUT2D eigenvalue weighted by Crippen LogP contribution is 2.31. The van der Waals surface area contributed by atoms with E-state index in [1.807, 2.05) is 17.0 Å². The molecule has 1 atom stereocenters. The Labute approximate surface area is 190 Å². The van der Waals surface area contributed by atoms with Crippen LogP contribution in [0.3, 0.4) is 0 Å². The van der Waals surface area contributed by atoms with Crippen molar-refractivity contribution >= 4 is 23.7 Å². The molecule has 0 aromatic heterocycles. The van der Waals surface area contributed by atoms with Gasteiger partial charge in [-0.25, -0.2) is 4.39 Å². The maximum Gasteiger partial charge on any atom is 0.226 e. The molecule has 2 amide bonds. The van der Waals surface area contributed by atoms with Crippen LogP contribution in [0.5, 0.6) is 0 Å². The summed E-state index contributed by atoms with van der Waals surface area (Å²) in [6.45, 7) is 4.65. The molecule has 0 aliphatic carbocycles. The van der Waals surface area contributed by atoms with Crippen LogP contribution in [0.1, 0.15) is 57.8 Å². The number of ether oxygens (including phenoxy) is 1. The van der Waals surface area contributed by atoms with Crippen molar-refractivity contribution in [1.82, 2.24) is 4.90 Å². The van der Waals surface area contributed by atoms with Gasteiger partial charge in [-0.05, 0) is 75.5 Å². The molecule has 6 nitrogen and oxygen atoms in total.